The maximum absolute atomic E-state index is 12.3. The van der Waals surface area contributed by atoms with E-state index in [0.717, 1.165) is 36.6 Å². The number of carbonyl (C=O) groups is 1. The number of halogens is 1. The van der Waals surface area contributed by atoms with Gasteiger partial charge in [0.2, 0.25) is 5.91 Å². The van der Waals surface area contributed by atoms with E-state index in [9.17, 15) is 4.79 Å². The van der Waals surface area contributed by atoms with Gasteiger partial charge in [-0.15, -0.1) is 0 Å². The standard InChI is InChI=1S/C16H23ClN2O/c1-2-19(12-14-4-3-5-15(17)10-14)16(20)7-6-13-8-9-18-11-13/h3-5,10,13,18H,2,6-9,11-12H2,1H3. The third-order valence-electron chi connectivity index (χ3n) is 3.93. The molecule has 1 aliphatic heterocycles. The van der Waals surface area contributed by atoms with Crippen LogP contribution in [0.2, 0.25) is 5.02 Å². The van der Waals surface area contributed by atoms with Crippen LogP contribution in [0.15, 0.2) is 24.3 Å². The minimum Gasteiger partial charge on any atom is -0.339 e. The Morgan fingerprint density at radius 1 is 1.50 bits per heavy atom. The highest BCUT2D eigenvalue weighted by atomic mass is 35.5. The van der Waals surface area contributed by atoms with Gasteiger partial charge in [-0.3, -0.25) is 4.79 Å². The highest BCUT2D eigenvalue weighted by molar-refractivity contribution is 6.30. The molecule has 2 rings (SSSR count). The molecule has 1 unspecified atom stereocenters. The van der Waals surface area contributed by atoms with E-state index in [4.69, 9.17) is 11.6 Å². The second-order valence-electron chi connectivity index (χ2n) is 5.44. The average molecular weight is 295 g/mol. The number of nitrogens with zero attached hydrogens (tertiary/aromatic N) is 1. The lowest BCUT2D eigenvalue weighted by atomic mass is 10.0. The van der Waals surface area contributed by atoms with Gasteiger partial charge in [0.05, 0.1) is 0 Å². The topological polar surface area (TPSA) is 32.3 Å². The SMILES string of the molecule is CCN(Cc1cccc(Cl)c1)C(=O)CCC1CCNC1. The van der Waals surface area contributed by atoms with Crippen molar-refractivity contribution >= 4 is 17.5 Å². The van der Waals surface area contributed by atoms with Crippen LogP contribution in [0, 0.1) is 5.92 Å². The Balaban J connectivity index is 1.85. The molecule has 1 atom stereocenters. The van der Waals surface area contributed by atoms with Crippen LogP contribution in [0.1, 0.15) is 31.7 Å². The van der Waals surface area contributed by atoms with E-state index in [0.29, 0.717) is 18.9 Å². The molecule has 0 saturated carbocycles. The summed E-state index contributed by atoms with van der Waals surface area (Å²) in [6.45, 7) is 5.58. The molecule has 110 valence electrons. The van der Waals surface area contributed by atoms with E-state index in [1.807, 2.05) is 36.1 Å². The fourth-order valence-corrected chi connectivity index (χ4v) is 2.89. The van der Waals surface area contributed by atoms with Gasteiger partial charge in [-0.1, -0.05) is 23.7 Å². The summed E-state index contributed by atoms with van der Waals surface area (Å²) in [4.78, 5) is 14.2. The maximum atomic E-state index is 12.3. The summed E-state index contributed by atoms with van der Waals surface area (Å²) in [6.07, 6.45) is 2.85. The Kier molecular flexibility index (Phi) is 5.86. The zero-order valence-corrected chi connectivity index (χ0v) is 12.8. The molecular weight excluding hydrogens is 272 g/mol. The number of hydrogen-bond donors (Lipinski definition) is 1. The number of benzene rings is 1. The second-order valence-corrected chi connectivity index (χ2v) is 5.87. The number of rotatable bonds is 6. The Morgan fingerprint density at radius 2 is 2.35 bits per heavy atom. The molecular formula is C16H23ClN2O. The molecule has 1 amide bonds. The molecule has 1 aliphatic rings. The number of carbonyl (C=O) groups excluding carboxylic acids is 1. The molecule has 0 radical (unpaired) electrons. The predicted octanol–water partition coefficient (Wildman–Crippen LogP) is 3.08. The van der Waals surface area contributed by atoms with Crippen LogP contribution in [-0.4, -0.2) is 30.4 Å². The van der Waals surface area contributed by atoms with Crippen molar-refractivity contribution in [3.8, 4) is 0 Å². The Labute approximate surface area is 126 Å². The summed E-state index contributed by atoms with van der Waals surface area (Å²) in [7, 11) is 0. The maximum Gasteiger partial charge on any atom is 0.222 e. The zero-order valence-electron chi connectivity index (χ0n) is 12.1. The van der Waals surface area contributed by atoms with Crippen molar-refractivity contribution in [3.63, 3.8) is 0 Å². The Hall–Kier alpha value is -1.06. The molecule has 1 N–H and O–H groups in total. The van der Waals surface area contributed by atoms with Crippen molar-refractivity contribution in [3.05, 3.63) is 34.9 Å². The lowest BCUT2D eigenvalue weighted by molar-refractivity contribution is -0.131. The van der Waals surface area contributed by atoms with Crippen LogP contribution in [0.5, 0.6) is 0 Å². The number of hydrogen-bond acceptors (Lipinski definition) is 2. The normalized spacial score (nSPS) is 18.2. The fraction of sp³-hybridized carbons (Fsp3) is 0.562. The van der Waals surface area contributed by atoms with Crippen LogP contribution >= 0.6 is 11.6 Å². The first kappa shape index (κ1) is 15.3. The summed E-state index contributed by atoms with van der Waals surface area (Å²) in [5, 5.41) is 4.07. The molecule has 0 bridgehead atoms. The minimum absolute atomic E-state index is 0.249. The third-order valence-corrected chi connectivity index (χ3v) is 4.16. The van der Waals surface area contributed by atoms with Crippen molar-refractivity contribution in [1.82, 2.24) is 10.2 Å². The second kappa shape index (κ2) is 7.65. The van der Waals surface area contributed by atoms with Crippen LogP contribution in [0.3, 0.4) is 0 Å². The minimum atomic E-state index is 0.249. The van der Waals surface area contributed by atoms with Gasteiger partial charge in [-0.05, 0) is 56.5 Å². The molecule has 1 fully saturated rings. The first-order valence-corrected chi connectivity index (χ1v) is 7.79. The highest BCUT2D eigenvalue weighted by Crippen LogP contribution is 2.17. The van der Waals surface area contributed by atoms with E-state index in [2.05, 4.69) is 5.32 Å². The summed E-state index contributed by atoms with van der Waals surface area (Å²) >= 11 is 5.99. The summed E-state index contributed by atoms with van der Waals surface area (Å²) < 4.78 is 0. The third kappa shape index (κ3) is 4.50. The lowest BCUT2D eigenvalue weighted by Gasteiger charge is -2.22. The molecule has 1 aromatic rings. The van der Waals surface area contributed by atoms with Crippen LogP contribution in [0.4, 0.5) is 0 Å². The first-order valence-electron chi connectivity index (χ1n) is 7.42. The monoisotopic (exact) mass is 294 g/mol. The van der Waals surface area contributed by atoms with E-state index < -0.39 is 0 Å². The van der Waals surface area contributed by atoms with Gasteiger partial charge in [0.25, 0.3) is 0 Å². The molecule has 4 heteroatoms. The van der Waals surface area contributed by atoms with E-state index in [-0.39, 0.29) is 5.91 Å². The predicted molar refractivity (Wildman–Crippen MR) is 82.8 cm³/mol. The molecule has 0 aromatic heterocycles. The van der Waals surface area contributed by atoms with Crippen LogP contribution in [-0.2, 0) is 11.3 Å². The van der Waals surface area contributed by atoms with Gasteiger partial charge in [-0.2, -0.15) is 0 Å². The lowest BCUT2D eigenvalue weighted by Crippen LogP contribution is -2.30. The van der Waals surface area contributed by atoms with E-state index in [1.54, 1.807) is 0 Å². The van der Waals surface area contributed by atoms with Gasteiger partial charge < -0.3 is 10.2 Å². The zero-order chi connectivity index (χ0) is 14.4. The van der Waals surface area contributed by atoms with Crippen molar-refractivity contribution in [1.29, 1.82) is 0 Å². The van der Waals surface area contributed by atoms with Gasteiger partial charge >= 0.3 is 0 Å². The van der Waals surface area contributed by atoms with Gasteiger partial charge in [-0.25, -0.2) is 0 Å². The summed E-state index contributed by atoms with van der Waals surface area (Å²) in [5.74, 6) is 0.920. The molecule has 1 aromatic carbocycles. The fourth-order valence-electron chi connectivity index (χ4n) is 2.68. The highest BCUT2D eigenvalue weighted by Gasteiger charge is 2.18. The van der Waals surface area contributed by atoms with Crippen LogP contribution in [0.25, 0.3) is 0 Å². The smallest absolute Gasteiger partial charge is 0.222 e. The van der Waals surface area contributed by atoms with Crippen molar-refractivity contribution in [2.24, 2.45) is 5.92 Å². The quantitative estimate of drug-likeness (QED) is 0.874. The van der Waals surface area contributed by atoms with Gasteiger partial charge in [0.15, 0.2) is 0 Å². The Morgan fingerprint density at radius 3 is 3.00 bits per heavy atom. The molecule has 0 aliphatic carbocycles. The molecule has 1 heterocycles. The first-order chi connectivity index (χ1) is 9.69. The average Bonchev–Trinajstić information content (AvgIpc) is 2.95. The summed E-state index contributed by atoms with van der Waals surface area (Å²) in [6, 6.07) is 7.73. The molecule has 1 saturated heterocycles. The van der Waals surface area contributed by atoms with Crippen molar-refractivity contribution in [2.45, 2.75) is 32.7 Å². The molecule has 0 spiro atoms. The van der Waals surface area contributed by atoms with Crippen LogP contribution < -0.4 is 5.32 Å². The van der Waals surface area contributed by atoms with E-state index >= 15 is 0 Å². The van der Waals surface area contributed by atoms with E-state index in [1.165, 1.54) is 6.42 Å². The summed E-state index contributed by atoms with van der Waals surface area (Å²) in [5.41, 5.74) is 1.09. The Bertz CT molecular complexity index is 444. The largest absolute Gasteiger partial charge is 0.339 e. The van der Waals surface area contributed by atoms with Gasteiger partial charge in [0, 0.05) is 24.5 Å². The van der Waals surface area contributed by atoms with Crippen molar-refractivity contribution < 1.29 is 4.79 Å². The molecule has 20 heavy (non-hydrogen) atoms. The van der Waals surface area contributed by atoms with Gasteiger partial charge in [0.1, 0.15) is 0 Å². The number of nitrogens with one attached hydrogen (secondary N) is 1. The number of amides is 1. The van der Waals surface area contributed by atoms with Crippen molar-refractivity contribution in [2.75, 3.05) is 19.6 Å². The molecule has 3 nitrogen and oxygen atoms in total.